The van der Waals surface area contributed by atoms with Crippen molar-refractivity contribution in [3.8, 4) is 5.75 Å². The van der Waals surface area contributed by atoms with Gasteiger partial charge in [0.05, 0.1) is 0 Å². The lowest BCUT2D eigenvalue weighted by Gasteiger charge is -1.97. The van der Waals surface area contributed by atoms with Crippen LogP contribution < -0.4 is 0 Å². The highest BCUT2D eigenvalue weighted by atomic mass is 16.3. The molecule has 0 aliphatic carbocycles. The van der Waals surface area contributed by atoms with Gasteiger partial charge in [-0.1, -0.05) is 24.8 Å². The maximum atomic E-state index is 10.2. The van der Waals surface area contributed by atoms with E-state index in [1.807, 2.05) is 0 Å². The number of hydrogen-bond acceptors (Lipinski definition) is 2. The van der Waals surface area contributed by atoms with E-state index in [0.717, 1.165) is 0 Å². The third-order valence-corrected chi connectivity index (χ3v) is 1.41. The molecule has 0 unspecified atom stereocenters. The normalized spacial score (nSPS) is 9.09. The Bertz CT molecular complexity index is 290. The number of carbonyl (C=O) groups is 1. The van der Waals surface area contributed by atoms with Gasteiger partial charge in [-0.25, -0.2) is 0 Å². The molecule has 56 valence electrons. The summed E-state index contributed by atoms with van der Waals surface area (Å²) in [7, 11) is 0. The van der Waals surface area contributed by atoms with E-state index in [0.29, 0.717) is 17.4 Å². The first-order valence-corrected chi connectivity index (χ1v) is 3.18. The molecule has 0 amide bonds. The Hall–Kier alpha value is -1.57. The number of rotatable bonds is 2. The van der Waals surface area contributed by atoms with Crippen LogP contribution in [0.15, 0.2) is 24.8 Å². The molecule has 0 bridgehead atoms. The molecule has 1 rings (SSSR count). The van der Waals surface area contributed by atoms with Gasteiger partial charge in [0.25, 0.3) is 0 Å². The van der Waals surface area contributed by atoms with Crippen LogP contribution in [0.2, 0.25) is 0 Å². The van der Waals surface area contributed by atoms with Crippen LogP contribution in [0, 0.1) is 0 Å². The molecule has 0 atom stereocenters. The van der Waals surface area contributed by atoms with E-state index >= 15 is 0 Å². The maximum absolute atomic E-state index is 10.2. The molecule has 0 aliphatic heterocycles. The van der Waals surface area contributed by atoms with Crippen molar-refractivity contribution < 1.29 is 9.90 Å². The summed E-state index contributed by atoms with van der Waals surface area (Å²) >= 11 is 0. The Balaban J connectivity index is 3.18. The standard InChI is InChI=1S/C9H8O2/c1-2-8-4-3-7(6-10)5-9(8)11/h2-6,11H,1H2. The Morgan fingerprint density at radius 2 is 2.18 bits per heavy atom. The SMILES string of the molecule is C=Cc1ccc(C=O)cc1O. The van der Waals surface area contributed by atoms with E-state index < -0.39 is 0 Å². The van der Waals surface area contributed by atoms with E-state index in [9.17, 15) is 9.90 Å². The molecule has 0 spiro atoms. The molecule has 1 aromatic carbocycles. The van der Waals surface area contributed by atoms with Gasteiger partial charge in [-0.2, -0.15) is 0 Å². The van der Waals surface area contributed by atoms with Crippen LogP contribution in [0.25, 0.3) is 6.08 Å². The van der Waals surface area contributed by atoms with Gasteiger partial charge < -0.3 is 5.11 Å². The number of phenolic OH excluding ortho intramolecular Hbond substituents is 1. The predicted molar refractivity (Wildman–Crippen MR) is 43.6 cm³/mol. The van der Waals surface area contributed by atoms with Crippen molar-refractivity contribution in [2.45, 2.75) is 0 Å². The number of aldehydes is 1. The largest absolute Gasteiger partial charge is 0.507 e. The quantitative estimate of drug-likeness (QED) is 0.650. The minimum absolute atomic E-state index is 0.0876. The fourth-order valence-corrected chi connectivity index (χ4v) is 0.807. The fraction of sp³-hybridized carbons (Fsp3) is 0. The lowest BCUT2D eigenvalue weighted by molar-refractivity contribution is 0.112. The van der Waals surface area contributed by atoms with Crippen molar-refractivity contribution in [2.24, 2.45) is 0 Å². The van der Waals surface area contributed by atoms with Gasteiger partial charge >= 0.3 is 0 Å². The van der Waals surface area contributed by atoms with E-state index in [4.69, 9.17) is 0 Å². The van der Waals surface area contributed by atoms with Crippen LogP contribution >= 0.6 is 0 Å². The smallest absolute Gasteiger partial charge is 0.150 e. The molecular formula is C9H8O2. The molecule has 0 heterocycles. The zero-order valence-corrected chi connectivity index (χ0v) is 5.95. The number of phenols is 1. The molecule has 2 heteroatoms. The summed E-state index contributed by atoms with van der Waals surface area (Å²) in [5.41, 5.74) is 1.10. The van der Waals surface area contributed by atoms with Crippen molar-refractivity contribution in [2.75, 3.05) is 0 Å². The van der Waals surface area contributed by atoms with Crippen LogP contribution in [0.3, 0.4) is 0 Å². The van der Waals surface area contributed by atoms with Crippen LogP contribution in [0.5, 0.6) is 5.75 Å². The van der Waals surface area contributed by atoms with Crippen molar-refractivity contribution in [1.82, 2.24) is 0 Å². The number of benzene rings is 1. The number of carbonyl (C=O) groups excluding carboxylic acids is 1. The second kappa shape index (κ2) is 3.01. The monoisotopic (exact) mass is 148 g/mol. The Morgan fingerprint density at radius 1 is 1.45 bits per heavy atom. The first-order chi connectivity index (χ1) is 5.27. The lowest BCUT2D eigenvalue weighted by Crippen LogP contribution is -1.80. The fourth-order valence-electron chi connectivity index (χ4n) is 0.807. The van der Waals surface area contributed by atoms with Gasteiger partial charge in [-0.15, -0.1) is 0 Å². The van der Waals surface area contributed by atoms with Gasteiger partial charge in [0.1, 0.15) is 12.0 Å². The third-order valence-electron chi connectivity index (χ3n) is 1.41. The molecular weight excluding hydrogens is 140 g/mol. The summed E-state index contributed by atoms with van der Waals surface area (Å²) in [6.45, 7) is 3.50. The molecule has 1 aromatic rings. The van der Waals surface area contributed by atoms with E-state index in [1.165, 1.54) is 12.1 Å². The number of aromatic hydroxyl groups is 1. The Labute approximate surface area is 64.8 Å². The van der Waals surface area contributed by atoms with Gasteiger partial charge in [-0.3, -0.25) is 4.79 Å². The first kappa shape index (κ1) is 7.54. The van der Waals surface area contributed by atoms with E-state index in [-0.39, 0.29) is 5.75 Å². The molecule has 0 aliphatic rings. The predicted octanol–water partition coefficient (Wildman–Crippen LogP) is 1.85. The topological polar surface area (TPSA) is 37.3 Å². The second-order valence-corrected chi connectivity index (χ2v) is 2.14. The van der Waals surface area contributed by atoms with Gasteiger partial charge in [-0.05, 0) is 6.07 Å². The summed E-state index contributed by atoms with van der Waals surface area (Å²) in [5.74, 6) is 0.0876. The highest BCUT2D eigenvalue weighted by Gasteiger charge is 1.96. The molecule has 0 saturated heterocycles. The third kappa shape index (κ3) is 1.46. The summed E-state index contributed by atoms with van der Waals surface area (Å²) in [6, 6.07) is 4.68. The second-order valence-electron chi connectivity index (χ2n) is 2.14. The molecule has 0 aromatic heterocycles. The summed E-state index contributed by atoms with van der Waals surface area (Å²) < 4.78 is 0. The maximum Gasteiger partial charge on any atom is 0.150 e. The highest BCUT2D eigenvalue weighted by Crippen LogP contribution is 2.18. The zero-order valence-electron chi connectivity index (χ0n) is 5.95. The van der Waals surface area contributed by atoms with E-state index in [2.05, 4.69) is 6.58 Å². The van der Waals surface area contributed by atoms with Crippen LogP contribution in [-0.4, -0.2) is 11.4 Å². The average Bonchev–Trinajstić information content (AvgIpc) is 2.04. The molecule has 0 fully saturated rings. The zero-order chi connectivity index (χ0) is 8.27. The van der Waals surface area contributed by atoms with Crippen molar-refractivity contribution in [3.05, 3.63) is 35.9 Å². The summed E-state index contributed by atoms with van der Waals surface area (Å²) in [5, 5.41) is 9.19. The van der Waals surface area contributed by atoms with Gasteiger partial charge in [0.2, 0.25) is 0 Å². The molecule has 2 nitrogen and oxygen atoms in total. The lowest BCUT2D eigenvalue weighted by atomic mass is 10.1. The van der Waals surface area contributed by atoms with Crippen molar-refractivity contribution >= 4 is 12.4 Å². The van der Waals surface area contributed by atoms with Crippen molar-refractivity contribution in [3.63, 3.8) is 0 Å². The first-order valence-electron chi connectivity index (χ1n) is 3.18. The Kier molecular flexibility index (Phi) is 2.06. The minimum Gasteiger partial charge on any atom is -0.507 e. The molecule has 1 N–H and O–H groups in total. The van der Waals surface area contributed by atoms with Crippen LogP contribution in [-0.2, 0) is 0 Å². The molecule has 0 radical (unpaired) electrons. The highest BCUT2D eigenvalue weighted by molar-refractivity contribution is 5.77. The van der Waals surface area contributed by atoms with Gasteiger partial charge in [0, 0.05) is 11.1 Å². The van der Waals surface area contributed by atoms with E-state index in [1.54, 1.807) is 12.1 Å². The number of hydrogen-bond donors (Lipinski definition) is 1. The summed E-state index contributed by atoms with van der Waals surface area (Å²) in [6.07, 6.45) is 2.22. The van der Waals surface area contributed by atoms with Crippen LogP contribution in [0.4, 0.5) is 0 Å². The minimum atomic E-state index is 0.0876. The van der Waals surface area contributed by atoms with Gasteiger partial charge in [0.15, 0.2) is 0 Å². The summed E-state index contributed by atoms with van der Waals surface area (Å²) in [4.78, 5) is 10.2. The molecule has 0 saturated carbocycles. The van der Waals surface area contributed by atoms with Crippen LogP contribution in [0.1, 0.15) is 15.9 Å². The molecule has 11 heavy (non-hydrogen) atoms. The average molecular weight is 148 g/mol. The van der Waals surface area contributed by atoms with Crippen molar-refractivity contribution in [1.29, 1.82) is 0 Å². The Morgan fingerprint density at radius 3 is 2.64 bits per heavy atom.